The van der Waals surface area contributed by atoms with Gasteiger partial charge in [0, 0.05) is 22.2 Å². The van der Waals surface area contributed by atoms with Crippen LogP contribution >= 0.6 is 34.2 Å². The van der Waals surface area contributed by atoms with Crippen LogP contribution in [0, 0.1) is 0 Å². The van der Waals surface area contributed by atoms with Crippen molar-refractivity contribution < 1.29 is 32.2 Å². The van der Waals surface area contributed by atoms with Gasteiger partial charge in [0.1, 0.15) is 21.7 Å². The van der Waals surface area contributed by atoms with Gasteiger partial charge in [-0.2, -0.15) is 17.5 Å². The number of thiophene rings is 2. The smallest absolute Gasteiger partial charge is 0.419 e. The van der Waals surface area contributed by atoms with E-state index in [0.717, 1.165) is 27.7 Å². The molecule has 0 saturated carbocycles. The molecule has 13 heteroatoms. The van der Waals surface area contributed by atoms with E-state index in [2.05, 4.69) is 9.69 Å². The molecule has 1 N–H and O–H groups in total. The van der Waals surface area contributed by atoms with Crippen LogP contribution in [0.3, 0.4) is 0 Å². The Balaban J connectivity index is 2.00. The summed E-state index contributed by atoms with van der Waals surface area (Å²) in [5, 5.41) is 4.73. The number of alkyl halides is 3. The minimum Gasteiger partial charge on any atom is -0.444 e. The highest BCUT2D eigenvalue weighted by Gasteiger charge is 2.40. The van der Waals surface area contributed by atoms with Crippen molar-refractivity contribution in [2.45, 2.75) is 84.9 Å². The second-order valence-corrected chi connectivity index (χ2v) is 13.3. The van der Waals surface area contributed by atoms with Gasteiger partial charge < -0.3 is 14.8 Å². The molecular formula is C24H30F3N3O4S3. The molecule has 0 aliphatic heterocycles. The highest BCUT2D eigenvalue weighted by atomic mass is 32.1. The van der Waals surface area contributed by atoms with Gasteiger partial charge in [0.05, 0.1) is 16.8 Å². The average molecular weight is 578 g/mol. The van der Waals surface area contributed by atoms with Crippen molar-refractivity contribution >= 4 is 61.6 Å². The summed E-state index contributed by atoms with van der Waals surface area (Å²) >= 11 is 3.17. The van der Waals surface area contributed by atoms with Gasteiger partial charge in [-0.15, -0.1) is 22.7 Å². The summed E-state index contributed by atoms with van der Waals surface area (Å²) < 4.78 is 57.8. The number of amides is 2. The van der Waals surface area contributed by atoms with Gasteiger partial charge in [0.2, 0.25) is 0 Å². The quantitative estimate of drug-likeness (QED) is 0.323. The maximum absolute atomic E-state index is 14.2. The van der Waals surface area contributed by atoms with Crippen LogP contribution < -0.4 is 10.2 Å². The number of hydrogen-bond donors (Lipinski definition) is 1. The van der Waals surface area contributed by atoms with Gasteiger partial charge in [0.25, 0.3) is 0 Å². The average Bonchev–Trinajstić information content (AvgIpc) is 3.38. The lowest BCUT2D eigenvalue weighted by Gasteiger charge is -2.26. The third kappa shape index (κ3) is 7.81. The first-order chi connectivity index (χ1) is 16.9. The van der Waals surface area contributed by atoms with E-state index in [9.17, 15) is 22.8 Å². The molecule has 0 radical (unpaired) electrons. The number of hydrogen-bond acceptors (Lipinski definition) is 8. The fourth-order valence-corrected chi connectivity index (χ4v) is 6.47. The summed E-state index contributed by atoms with van der Waals surface area (Å²) in [5.41, 5.74) is -2.60. The molecule has 7 nitrogen and oxygen atoms in total. The molecule has 0 saturated heterocycles. The van der Waals surface area contributed by atoms with Crippen LogP contribution in [-0.2, 0) is 28.6 Å². The number of anilines is 1. The second kappa shape index (κ2) is 10.8. The highest BCUT2D eigenvalue weighted by molar-refractivity contribution is 7.25. The van der Waals surface area contributed by atoms with Crippen LogP contribution in [0.2, 0.25) is 0 Å². The highest BCUT2D eigenvalue weighted by Crippen LogP contribution is 2.47. The Morgan fingerprint density at radius 3 is 2.30 bits per heavy atom. The molecule has 1 atom stereocenters. The zero-order valence-electron chi connectivity index (χ0n) is 21.6. The van der Waals surface area contributed by atoms with Crippen molar-refractivity contribution in [1.82, 2.24) is 9.69 Å². The molecule has 0 aromatic carbocycles. The van der Waals surface area contributed by atoms with Crippen LogP contribution in [0.4, 0.5) is 27.8 Å². The molecule has 204 valence electrons. The van der Waals surface area contributed by atoms with E-state index in [1.54, 1.807) is 48.5 Å². The lowest BCUT2D eigenvalue weighted by molar-refractivity contribution is -0.136. The molecule has 0 bridgehead atoms. The van der Waals surface area contributed by atoms with E-state index >= 15 is 0 Å². The Hall–Kier alpha value is -2.38. The molecule has 1 unspecified atom stereocenters. The van der Waals surface area contributed by atoms with Gasteiger partial charge >= 0.3 is 18.4 Å². The molecular weight excluding hydrogens is 547 g/mol. The van der Waals surface area contributed by atoms with Gasteiger partial charge in [-0.05, 0) is 71.4 Å². The monoisotopic (exact) mass is 577 g/mol. The predicted octanol–water partition coefficient (Wildman–Crippen LogP) is 7.84. The first-order valence-corrected chi connectivity index (χ1v) is 13.9. The van der Waals surface area contributed by atoms with Crippen LogP contribution in [0.15, 0.2) is 17.5 Å². The number of carbonyl (C=O) groups is 2. The van der Waals surface area contributed by atoms with E-state index in [1.165, 1.54) is 16.2 Å². The first-order valence-electron chi connectivity index (χ1n) is 11.5. The number of carbonyl (C=O) groups excluding carboxylic acids is 2. The van der Waals surface area contributed by atoms with Crippen molar-refractivity contribution in [3.8, 4) is 0 Å². The summed E-state index contributed by atoms with van der Waals surface area (Å²) in [4.78, 5) is 27.5. The SMILES string of the molecule is CC(Cc1sc2c(N(Cc3cccs3)C(=O)OC(C)(C)C)snc2c1C(F)(F)F)NC(=O)OC(C)(C)C. The van der Waals surface area contributed by atoms with Gasteiger partial charge in [-0.1, -0.05) is 6.07 Å². The minimum atomic E-state index is -4.67. The number of fused-ring (bicyclic) bond motifs is 1. The van der Waals surface area contributed by atoms with E-state index in [0.29, 0.717) is 0 Å². The van der Waals surface area contributed by atoms with Crippen LogP contribution in [-0.4, -0.2) is 33.8 Å². The summed E-state index contributed by atoms with van der Waals surface area (Å²) in [6.45, 7) is 12.0. The minimum absolute atomic E-state index is 0.0165. The Bertz CT molecular complexity index is 1240. The lowest BCUT2D eigenvalue weighted by Crippen LogP contribution is -2.38. The Morgan fingerprint density at radius 1 is 1.11 bits per heavy atom. The van der Waals surface area contributed by atoms with E-state index in [4.69, 9.17) is 9.47 Å². The van der Waals surface area contributed by atoms with Crippen molar-refractivity contribution in [3.05, 3.63) is 32.8 Å². The fourth-order valence-electron chi connectivity index (χ4n) is 3.37. The maximum Gasteiger partial charge on any atom is 0.419 e. The Kier molecular flexibility index (Phi) is 8.50. The summed E-state index contributed by atoms with van der Waals surface area (Å²) in [7, 11) is 0. The van der Waals surface area contributed by atoms with Crippen LogP contribution in [0.5, 0.6) is 0 Å². The molecule has 0 aliphatic rings. The molecule has 0 fully saturated rings. The molecule has 3 aromatic rings. The van der Waals surface area contributed by atoms with Crippen molar-refractivity contribution in [3.63, 3.8) is 0 Å². The molecule has 3 heterocycles. The maximum atomic E-state index is 14.2. The van der Waals surface area contributed by atoms with Crippen LogP contribution in [0.1, 0.15) is 63.8 Å². The van der Waals surface area contributed by atoms with Crippen molar-refractivity contribution in [1.29, 1.82) is 0 Å². The van der Waals surface area contributed by atoms with Gasteiger partial charge in [-0.3, -0.25) is 4.90 Å². The number of alkyl carbamates (subject to hydrolysis) is 1. The van der Waals surface area contributed by atoms with E-state index in [1.807, 2.05) is 17.5 Å². The summed E-state index contributed by atoms with van der Waals surface area (Å²) in [6.07, 6.45) is -6.14. The normalized spacial score (nSPS) is 13.5. The number of halogens is 3. The number of nitrogens with zero attached hydrogens (tertiary/aromatic N) is 2. The molecule has 0 spiro atoms. The molecule has 0 aliphatic carbocycles. The largest absolute Gasteiger partial charge is 0.444 e. The topological polar surface area (TPSA) is 80.8 Å². The second-order valence-electron chi connectivity index (χ2n) is 10.5. The third-order valence-corrected chi connectivity index (χ3v) is 7.73. The Morgan fingerprint density at radius 2 is 1.76 bits per heavy atom. The fraction of sp³-hybridized carbons (Fsp3) is 0.542. The van der Waals surface area contributed by atoms with Gasteiger partial charge in [0.15, 0.2) is 0 Å². The summed E-state index contributed by atoms with van der Waals surface area (Å²) in [5.74, 6) is 0. The summed E-state index contributed by atoms with van der Waals surface area (Å²) in [6, 6.07) is 3.03. The molecule has 37 heavy (non-hydrogen) atoms. The van der Waals surface area contributed by atoms with Crippen LogP contribution in [0.25, 0.3) is 10.2 Å². The predicted molar refractivity (Wildman–Crippen MR) is 142 cm³/mol. The number of aromatic nitrogens is 1. The molecule has 2 amide bonds. The van der Waals surface area contributed by atoms with E-state index in [-0.39, 0.29) is 33.1 Å². The molecule has 3 rings (SSSR count). The zero-order chi connectivity index (χ0) is 27.8. The number of rotatable bonds is 6. The standard InChI is InChI=1S/C24H30F3N3O4S3/c1-13(28-20(31)33-22(2,3)4)11-15-16(24(25,26)27)17-18(36-15)19(37-29-17)30(12-14-9-8-10-35-14)21(32)34-23(5,6)7/h8-10,13H,11-12H2,1-7H3,(H,28,31). The van der Waals surface area contributed by atoms with Crippen molar-refractivity contribution in [2.24, 2.45) is 0 Å². The number of ether oxygens (including phenoxy) is 2. The zero-order valence-corrected chi connectivity index (χ0v) is 24.1. The van der Waals surface area contributed by atoms with Gasteiger partial charge in [-0.25, -0.2) is 9.59 Å². The van der Waals surface area contributed by atoms with E-state index < -0.39 is 41.2 Å². The Labute approximate surface area is 225 Å². The number of nitrogens with one attached hydrogen (secondary N) is 1. The first kappa shape index (κ1) is 29.2. The molecule has 3 aromatic heterocycles. The third-order valence-electron chi connectivity index (χ3n) is 4.66. The lowest BCUT2D eigenvalue weighted by atomic mass is 10.1. The van der Waals surface area contributed by atoms with Crippen molar-refractivity contribution in [2.75, 3.05) is 4.90 Å².